The average molecular weight is 323 g/mol. The second kappa shape index (κ2) is 6.20. The van der Waals surface area contributed by atoms with E-state index in [2.05, 4.69) is 5.32 Å². The SMILES string of the molecule is COc1cccc2cc(C(=O)Nc3ccc(C)c(C)c3)c(=O)oc12. The Morgan fingerprint density at radius 1 is 1.08 bits per heavy atom. The Morgan fingerprint density at radius 3 is 2.58 bits per heavy atom. The molecule has 3 rings (SSSR count). The lowest BCUT2D eigenvalue weighted by Crippen LogP contribution is -2.20. The summed E-state index contributed by atoms with van der Waals surface area (Å²) in [5, 5.41) is 3.35. The molecule has 5 heteroatoms. The molecule has 0 aliphatic carbocycles. The van der Waals surface area contributed by atoms with E-state index < -0.39 is 11.5 Å². The Balaban J connectivity index is 1.99. The second-order valence-electron chi connectivity index (χ2n) is 5.58. The molecule has 0 atom stereocenters. The summed E-state index contributed by atoms with van der Waals surface area (Å²) in [4.78, 5) is 24.6. The van der Waals surface area contributed by atoms with Crippen molar-refractivity contribution in [2.24, 2.45) is 0 Å². The Hall–Kier alpha value is -3.08. The summed E-state index contributed by atoms with van der Waals surface area (Å²) in [6, 6.07) is 12.3. The highest BCUT2D eigenvalue weighted by molar-refractivity contribution is 6.05. The van der Waals surface area contributed by atoms with Gasteiger partial charge in [0.05, 0.1) is 7.11 Å². The minimum absolute atomic E-state index is 0.0472. The number of rotatable bonds is 3. The highest BCUT2D eigenvalue weighted by atomic mass is 16.5. The molecule has 3 aromatic rings. The number of para-hydroxylation sites is 1. The molecule has 0 saturated heterocycles. The topological polar surface area (TPSA) is 68.5 Å². The lowest BCUT2D eigenvalue weighted by atomic mass is 10.1. The summed E-state index contributed by atoms with van der Waals surface area (Å²) in [6.45, 7) is 3.95. The van der Waals surface area contributed by atoms with Gasteiger partial charge >= 0.3 is 5.63 Å². The van der Waals surface area contributed by atoms with E-state index >= 15 is 0 Å². The number of methoxy groups -OCH3 is 1. The molecule has 5 nitrogen and oxygen atoms in total. The van der Waals surface area contributed by atoms with Crippen LogP contribution in [0.3, 0.4) is 0 Å². The molecule has 0 aliphatic rings. The highest BCUT2D eigenvalue weighted by Crippen LogP contribution is 2.24. The number of carbonyl (C=O) groups is 1. The smallest absolute Gasteiger partial charge is 0.349 e. The fraction of sp³-hybridized carbons (Fsp3) is 0.158. The summed E-state index contributed by atoms with van der Waals surface area (Å²) in [5.41, 5.74) is 2.40. The van der Waals surface area contributed by atoms with Gasteiger partial charge in [0.25, 0.3) is 5.91 Å². The van der Waals surface area contributed by atoms with Crippen molar-refractivity contribution in [3.63, 3.8) is 0 Å². The van der Waals surface area contributed by atoms with Gasteiger partial charge in [-0.25, -0.2) is 4.79 Å². The van der Waals surface area contributed by atoms with Crippen LogP contribution in [-0.2, 0) is 0 Å². The zero-order valence-electron chi connectivity index (χ0n) is 13.7. The number of hydrogen-bond donors (Lipinski definition) is 1. The molecule has 1 amide bonds. The van der Waals surface area contributed by atoms with Crippen molar-refractivity contribution in [1.82, 2.24) is 0 Å². The number of hydrogen-bond acceptors (Lipinski definition) is 4. The van der Waals surface area contributed by atoms with Crippen LogP contribution in [0.1, 0.15) is 21.5 Å². The molecule has 24 heavy (non-hydrogen) atoms. The molecular weight excluding hydrogens is 306 g/mol. The lowest BCUT2D eigenvalue weighted by molar-refractivity contribution is 0.102. The predicted molar refractivity (Wildman–Crippen MR) is 92.9 cm³/mol. The lowest BCUT2D eigenvalue weighted by Gasteiger charge is -2.08. The molecule has 1 aromatic heterocycles. The Labute approximate surface area is 138 Å². The third kappa shape index (κ3) is 2.88. The molecular formula is C19H17NO4. The van der Waals surface area contributed by atoms with Crippen LogP contribution in [0.5, 0.6) is 5.75 Å². The number of nitrogens with one attached hydrogen (secondary N) is 1. The third-order valence-electron chi connectivity index (χ3n) is 3.95. The van der Waals surface area contributed by atoms with Gasteiger partial charge in [0.1, 0.15) is 5.56 Å². The quantitative estimate of drug-likeness (QED) is 0.747. The van der Waals surface area contributed by atoms with E-state index in [1.54, 1.807) is 24.3 Å². The van der Waals surface area contributed by atoms with Crippen LogP contribution in [0.2, 0.25) is 0 Å². The number of aryl methyl sites for hydroxylation is 2. The van der Waals surface area contributed by atoms with Gasteiger partial charge in [-0.1, -0.05) is 18.2 Å². The minimum atomic E-state index is -0.701. The third-order valence-corrected chi connectivity index (χ3v) is 3.95. The number of fused-ring (bicyclic) bond motifs is 1. The second-order valence-corrected chi connectivity index (χ2v) is 5.58. The first-order chi connectivity index (χ1) is 11.5. The van der Waals surface area contributed by atoms with Gasteiger partial charge in [0.2, 0.25) is 0 Å². The zero-order chi connectivity index (χ0) is 17.3. The summed E-state index contributed by atoms with van der Waals surface area (Å²) in [7, 11) is 1.50. The Kier molecular flexibility index (Phi) is 4.08. The van der Waals surface area contributed by atoms with Gasteiger partial charge in [-0.3, -0.25) is 4.79 Å². The average Bonchev–Trinajstić information content (AvgIpc) is 2.57. The van der Waals surface area contributed by atoms with Crippen LogP contribution in [0.4, 0.5) is 5.69 Å². The first-order valence-corrected chi connectivity index (χ1v) is 7.49. The molecule has 2 aromatic carbocycles. The molecule has 122 valence electrons. The number of benzene rings is 2. The number of anilines is 1. The molecule has 1 heterocycles. The molecule has 1 N–H and O–H groups in total. The molecule has 0 bridgehead atoms. The van der Waals surface area contributed by atoms with E-state index in [-0.39, 0.29) is 5.56 Å². The van der Waals surface area contributed by atoms with Crippen molar-refractivity contribution < 1.29 is 13.9 Å². The maximum absolute atomic E-state index is 12.4. The van der Waals surface area contributed by atoms with Crippen molar-refractivity contribution in [1.29, 1.82) is 0 Å². The van der Waals surface area contributed by atoms with E-state index in [1.807, 2.05) is 26.0 Å². The van der Waals surface area contributed by atoms with Crippen molar-refractivity contribution in [2.75, 3.05) is 12.4 Å². The number of amides is 1. The van der Waals surface area contributed by atoms with Crippen molar-refractivity contribution in [3.05, 3.63) is 69.6 Å². The normalized spacial score (nSPS) is 10.6. The van der Waals surface area contributed by atoms with Gasteiger partial charge in [0, 0.05) is 11.1 Å². The fourth-order valence-corrected chi connectivity index (χ4v) is 2.45. The summed E-state index contributed by atoms with van der Waals surface area (Å²) >= 11 is 0. The molecule has 0 fully saturated rings. The Morgan fingerprint density at radius 2 is 1.88 bits per heavy atom. The van der Waals surface area contributed by atoms with Crippen LogP contribution in [-0.4, -0.2) is 13.0 Å². The van der Waals surface area contributed by atoms with Crippen LogP contribution in [0, 0.1) is 13.8 Å². The maximum Gasteiger partial charge on any atom is 0.349 e. The summed E-state index contributed by atoms with van der Waals surface area (Å²) in [6.07, 6.45) is 0. The van der Waals surface area contributed by atoms with Gasteiger partial charge in [0.15, 0.2) is 11.3 Å². The fourth-order valence-electron chi connectivity index (χ4n) is 2.45. The monoisotopic (exact) mass is 323 g/mol. The van der Waals surface area contributed by atoms with Crippen molar-refractivity contribution >= 4 is 22.6 Å². The maximum atomic E-state index is 12.4. The van der Waals surface area contributed by atoms with Crippen molar-refractivity contribution in [3.8, 4) is 5.75 Å². The zero-order valence-corrected chi connectivity index (χ0v) is 13.7. The first-order valence-electron chi connectivity index (χ1n) is 7.49. The highest BCUT2D eigenvalue weighted by Gasteiger charge is 2.15. The van der Waals surface area contributed by atoms with E-state index in [0.717, 1.165) is 11.1 Å². The van der Waals surface area contributed by atoms with Crippen LogP contribution in [0.15, 0.2) is 51.7 Å². The van der Waals surface area contributed by atoms with Gasteiger partial charge in [-0.15, -0.1) is 0 Å². The van der Waals surface area contributed by atoms with Crippen LogP contribution < -0.4 is 15.7 Å². The molecule has 0 saturated carbocycles. The van der Waals surface area contributed by atoms with Gasteiger partial charge in [-0.05, 0) is 49.2 Å². The predicted octanol–water partition coefficient (Wildman–Crippen LogP) is 3.67. The van der Waals surface area contributed by atoms with Crippen molar-refractivity contribution in [2.45, 2.75) is 13.8 Å². The molecule has 0 spiro atoms. The van der Waals surface area contributed by atoms with Gasteiger partial charge in [-0.2, -0.15) is 0 Å². The first kappa shape index (κ1) is 15.8. The molecule has 0 radical (unpaired) electrons. The van der Waals surface area contributed by atoms with Crippen LogP contribution in [0.25, 0.3) is 11.0 Å². The largest absolute Gasteiger partial charge is 0.493 e. The minimum Gasteiger partial charge on any atom is -0.493 e. The van der Waals surface area contributed by atoms with E-state index in [4.69, 9.17) is 9.15 Å². The summed E-state index contributed by atoms with van der Waals surface area (Å²) in [5.74, 6) is -0.0533. The Bertz CT molecular complexity index is 988. The number of ether oxygens (including phenoxy) is 1. The van der Waals surface area contributed by atoms with E-state index in [9.17, 15) is 9.59 Å². The van der Waals surface area contributed by atoms with E-state index in [0.29, 0.717) is 22.4 Å². The standard InChI is InChI=1S/C19H17NO4/c1-11-7-8-14(9-12(11)2)20-18(21)15-10-13-5-4-6-16(23-3)17(13)24-19(15)22/h4-10H,1-3H3,(H,20,21). The molecule has 0 aliphatic heterocycles. The summed E-state index contributed by atoms with van der Waals surface area (Å²) < 4.78 is 10.4. The van der Waals surface area contributed by atoms with E-state index in [1.165, 1.54) is 13.2 Å². The number of carbonyl (C=O) groups excluding carboxylic acids is 1. The molecule has 0 unspecified atom stereocenters. The van der Waals surface area contributed by atoms with Gasteiger partial charge < -0.3 is 14.5 Å². The van der Waals surface area contributed by atoms with Crippen LogP contribution >= 0.6 is 0 Å².